The molecule has 1 aliphatic rings. The van der Waals surface area contributed by atoms with Gasteiger partial charge in [0.1, 0.15) is 5.82 Å². The van der Waals surface area contributed by atoms with E-state index in [1.54, 1.807) is 18.2 Å². The minimum absolute atomic E-state index is 0.0614. The molecule has 0 saturated heterocycles. The first-order chi connectivity index (χ1) is 12.5. The predicted octanol–water partition coefficient (Wildman–Crippen LogP) is 4.09. The van der Waals surface area contributed by atoms with Crippen LogP contribution in [0.1, 0.15) is 18.4 Å². The van der Waals surface area contributed by atoms with Crippen LogP contribution in [0.3, 0.4) is 0 Å². The van der Waals surface area contributed by atoms with Gasteiger partial charge in [0, 0.05) is 15.1 Å². The van der Waals surface area contributed by atoms with Crippen LogP contribution >= 0.6 is 27.5 Å². The van der Waals surface area contributed by atoms with Gasteiger partial charge in [-0.15, -0.1) is 10.2 Å². The number of carbonyl (C=O) groups excluding carboxylic acids is 1. The van der Waals surface area contributed by atoms with E-state index >= 15 is 0 Å². The van der Waals surface area contributed by atoms with Gasteiger partial charge in [-0.2, -0.15) is 5.21 Å². The van der Waals surface area contributed by atoms with E-state index in [-0.39, 0.29) is 11.6 Å². The molecular weight excluding hydrogens is 425 g/mol. The number of carbonyl (C=O) groups is 1. The number of nitrogens with one attached hydrogen (secondary N) is 2. The third kappa shape index (κ3) is 2.99. The number of anilines is 1. The third-order valence-corrected chi connectivity index (χ3v) is 5.34. The Labute approximate surface area is 161 Å². The SMILES string of the molecule is O=C(Nc1cc(-c2nn[nH]n2)c(Br)cc1F)C1(c2cccc(Cl)c2)CC1. The Kier molecular flexibility index (Phi) is 4.24. The van der Waals surface area contributed by atoms with Crippen molar-refractivity contribution in [3.8, 4) is 11.4 Å². The van der Waals surface area contributed by atoms with Crippen LogP contribution in [0.15, 0.2) is 40.9 Å². The van der Waals surface area contributed by atoms with E-state index in [0.717, 1.165) is 5.56 Å². The number of tetrazole rings is 1. The van der Waals surface area contributed by atoms with Gasteiger partial charge in [-0.1, -0.05) is 23.7 Å². The molecule has 2 aromatic carbocycles. The lowest BCUT2D eigenvalue weighted by atomic mass is 9.95. The topological polar surface area (TPSA) is 83.6 Å². The van der Waals surface area contributed by atoms with Crippen molar-refractivity contribution in [3.05, 3.63) is 57.3 Å². The molecule has 1 saturated carbocycles. The van der Waals surface area contributed by atoms with E-state index in [1.165, 1.54) is 12.1 Å². The number of nitrogens with zero attached hydrogens (tertiary/aromatic N) is 3. The maximum absolute atomic E-state index is 14.4. The summed E-state index contributed by atoms with van der Waals surface area (Å²) in [5.74, 6) is -0.525. The standard InChI is InChI=1S/C17H12BrClFN5O/c18-12-8-13(20)14(7-11(12)15-22-24-25-23-15)21-16(26)17(4-5-17)9-2-1-3-10(19)6-9/h1-3,6-8H,4-5H2,(H,21,26)(H,22,23,24,25). The van der Waals surface area contributed by atoms with Crippen LogP contribution in [0.5, 0.6) is 0 Å². The number of halogens is 3. The summed E-state index contributed by atoms with van der Waals surface area (Å²) in [6.45, 7) is 0. The lowest BCUT2D eigenvalue weighted by Crippen LogP contribution is -2.28. The molecule has 6 nitrogen and oxygen atoms in total. The zero-order valence-corrected chi connectivity index (χ0v) is 15.6. The van der Waals surface area contributed by atoms with E-state index in [4.69, 9.17) is 11.6 Å². The fourth-order valence-corrected chi connectivity index (χ4v) is 3.58. The number of hydrogen-bond acceptors (Lipinski definition) is 4. The second-order valence-corrected chi connectivity index (χ2v) is 7.38. The molecule has 0 unspecified atom stereocenters. The van der Waals surface area contributed by atoms with Gasteiger partial charge in [-0.25, -0.2) is 4.39 Å². The highest BCUT2D eigenvalue weighted by Crippen LogP contribution is 2.49. The maximum Gasteiger partial charge on any atom is 0.235 e. The van der Waals surface area contributed by atoms with E-state index in [0.29, 0.717) is 33.7 Å². The van der Waals surface area contributed by atoms with Crippen molar-refractivity contribution < 1.29 is 9.18 Å². The first-order valence-corrected chi connectivity index (χ1v) is 8.97. The predicted molar refractivity (Wildman–Crippen MR) is 98.3 cm³/mol. The van der Waals surface area contributed by atoms with Crippen LogP contribution < -0.4 is 5.32 Å². The molecule has 1 aromatic heterocycles. The first-order valence-electron chi connectivity index (χ1n) is 7.80. The van der Waals surface area contributed by atoms with Crippen molar-refractivity contribution >= 4 is 39.1 Å². The molecule has 1 fully saturated rings. The molecule has 0 atom stereocenters. The average Bonchev–Trinajstić information content (AvgIpc) is 3.25. The summed E-state index contributed by atoms with van der Waals surface area (Å²) >= 11 is 9.32. The van der Waals surface area contributed by atoms with Gasteiger partial charge < -0.3 is 5.32 Å². The fraction of sp³-hybridized carbons (Fsp3) is 0.176. The zero-order valence-electron chi connectivity index (χ0n) is 13.3. The number of amides is 1. The summed E-state index contributed by atoms with van der Waals surface area (Å²) in [7, 11) is 0. The van der Waals surface area contributed by atoms with Gasteiger partial charge >= 0.3 is 0 Å². The molecular formula is C17H12BrClFN5O. The maximum atomic E-state index is 14.4. The molecule has 2 N–H and O–H groups in total. The van der Waals surface area contributed by atoms with Crippen LogP contribution in [-0.4, -0.2) is 26.5 Å². The molecule has 0 radical (unpaired) electrons. The first kappa shape index (κ1) is 17.1. The fourth-order valence-electron chi connectivity index (χ4n) is 2.89. The van der Waals surface area contributed by atoms with Crippen LogP contribution in [0, 0.1) is 5.82 Å². The molecule has 1 aliphatic carbocycles. The summed E-state index contributed by atoms with van der Waals surface area (Å²) in [5.41, 5.74) is 0.740. The Hall–Kier alpha value is -2.32. The van der Waals surface area contributed by atoms with Gasteiger partial charge in [0.15, 0.2) is 0 Å². The number of rotatable bonds is 4. The Morgan fingerprint density at radius 1 is 1.31 bits per heavy atom. The van der Waals surface area contributed by atoms with Crippen LogP contribution in [0.25, 0.3) is 11.4 Å². The molecule has 0 spiro atoms. The molecule has 3 aromatic rings. The van der Waals surface area contributed by atoms with Crippen LogP contribution in [-0.2, 0) is 10.2 Å². The Bertz CT molecular complexity index is 991. The molecule has 1 amide bonds. The summed E-state index contributed by atoms with van der Waals surface area (Å²) < 4.78 is 14.8. The Morgan fingerprint density at radius 2 is 2.12 bits per heavy atom. The third-order valence-electron chi connectivity index (χ3n) is 4.45. The monoisotopic (exact) mass is 435 g/mol. The van der Waals surface area contributed by atoms with Crippen molar-refractivity contribution in [2.75, 3.05) is 5.32 Å². The van der Waals surface area contributed by atoms with Crippen molar-refractivity contribution in [1.82, 2.24) is 20.6 Å². The Morgan fingerprint density at radius 3 is 2.77 bits per heavy atom. The van der Waals surface area contributed by atoms with Gasteiger partial charge in [0.2, 0.25) is 11.7 Å². The second-order valence-electron chi connectivity index (χ2n) is 6.09. The number of aromatic nitrogens is 4. The summed E-state index contributed by atoms with van der Waals surface area (Å²) in [4.78, 5) is 12.9. The van der Waals surface area contributed by atoms with Crippen LogP contribution in [0.2, 0.25) is 5.02 Å². The van der Waals surface area contributed by atoms with E-state index in [9.17, 15) is 9.18 Å². The average molecular weight is 437 g/mol. The lowest BCUT2D eigenvalue weighted by molar-refractivity contribution is -0.118. The number of H-pyrrole nitrogens is 1. The van der Waals surface area contributed by atoms with Gasteiger partial charge in [-0.05, 0) is 63.8 Å². The smallest absolute Gasteiger partial charge is 0.235 e. The van der Waals surface area contributed by atoms with Crippen molar-refractivity contribution in [1.29, 1.82) is 0 Å². The van der Waals surface area contributed by atoms with E-state index < -0.39 is 11.2 Å². The normalized spacial score (nSPS) is 14.9. The van der Waals surface area contributed by atoms with Crippen LogP contribution in [0.4, 0.5) is 10.1 Å². The Balaban J connectivity index is 1.65. The molecule has 4 rings (SSSR count). The van der Waals surface area contributed by atoms with E-state index in [2.05, 4.69) is 41.9 Å². The summed E-state index contributed by atoms with van der Waals surface area (Å²) in [6.07, 6.45) is 1.38. The van der Waals surface area contributed by atoms with Gasteiger partial charge in [0.05, 0.1) is 11.1 Å². The summed E-state index contributed by atoms with van der Waals surface area (Å²) in [6, 6.07) is 9.94. The van der Waals surface area contributed by atoms with Crippen molar-refractivity contribution in [2.45, 2.75) is 18.3 Å². The van der Waals surface area contributed by atoms with Crippen molar-refractivity contribution in [2.24, 2.45) is 0 Å². The minimum Gasteiger partial charge on any atom is -0.323 e. The van der Waals surface area contributed by atoms with Crippen molar-refractivity contribution in [3.63, 3.8) is 0 Å². The molecule has 132 valence electrons. The van der Waals surface area contributed by atoms with Gasteiger partial charge in [0.25, 0.3) is 0 Å². The number of hydrogen-bond donors (Lipinski definition) is 2. The highest BCUT2D eigenvalue weighted by Gasteiger charge is 2.51. The minimum atomic E-state index is -0.670. The highest BCUT2D eigenvalue weighted by atomic mass is 79.9. The largest absolute Gasteiger partial charge is 0.323 e. The number of aromatic amines is 1. The quantitative estimate of drug-likeness (QED) is 0.645. The second kappa shape index (κ2) is 6.44. The van der Waals surface area contributed by atoms with Gasteiger partial charge in [-0.3, -0.25) is 4.79 Å². The molecule has 0 aliphatic heterocycles. The number of benzene rings is 2. The summed E-state index contributed by atoms with van der Waals surface area (Å²) in [5, 5.41) is 16.9. The lowest BCUT2D eigenvalue weighted by Gasteiger charge is -2.17. The molecule has 9 heteroatoms. The van der Waals surface area contributed by atoms with E-state index in [1.807, 2.05) is 6.07 Å². The highest BCUT2D eigenvalue weighted by molar-refractivity contribution is 9.10. The molecule has 26 heavy (non-hydrogen) atoms. The molecule has 1 heterocycles. The molecule has 0 bridgehead atoms. The zero-order chi connectivity index (χ0) is 18.3.